The third-order valence-corrected chi connectivity index (χ3v) is 3.22. The molecule has 0 fully saturated rings. The summed E-state index contributed by atoms with van der Waals surface area (Å²) in [6.45, 7) is 8.25. The molecule has 0 spiro atoms. The summed E-state index contributed by atoms with van der Waals surface area (Å²) < 4.78 is 10.3. The number of aromatic nitrogens is 1. The maximum absolute atomic E-state index is 5.26. The largest absolute Gasteiger partial charge is 0.383 e. The maximum Gasteiger partial charge on any atom is 0.133 e. The van der Waals surface area contributed by atoms with E-state index in [4.69, 9.17) is 9.47 Å². The highest BCUT2D eigenvalue weighted by Gasteiger charge is 2.16. The molecule has 114 valence electrons. The molecule has 1 unspecified atom stereocenters. The van der Waals surface area contributed by atoms with Crippen molar-refractivity contribution in [3.05, 3.63) is 23.9 Å². The van der Waals surface area contributed by atoms with E-state index < -0.39 is 0 Å². The van der Waals surface area contributed by atoms with Crippen LogP contribution in [-0.2, 0) is 16.0 Å². The van der Waals surface area contributed by atoms with E-state index >= 15 is 0 Å². The van der Waals surface area contributed by atoms with Gasteiger partial charge in [0.15, 0.2) is 0 Å². The maximum atomic E-state index is 5.26. The molecule has 0 aromatic carbocycles. The van der Waals surface area contributed by atoms with Gasteiger partial charge < -0.3 is 19.7 Å². The molecule has 1 atom stereocenters. The molecule has 0 bridgehead atoms. The number of nitrogens with zero attached hydrogens (tertiary/aromatic N) is 2. The van der Waals surface area contributed by atoms with Gasteiger partial charge in [-0.05, 0) is 19.9 Å². The Morgan fingerprint density at radius 2 is 2.15 bits per heavy atom. The summed E-state index contributed by atoms with van der Waals surface area (Å²) in [5, 5.41) is 3.37. The normalized spacial score (nSPS) is 12.4. The van der Waals surface area contributed by atoms with Crippen LogP contribution in [0, 0.1) is 0 Å². The lowest BCUT2D eigenvalue weighted by Gasteiger charge is -2.30. The Labute approximate surface area is 122 Å². The van der Waals surface area contributed by atoms with Crippen molar-refractivity contribution >= 4 is 5.82 Å². The van der Waals surface area contributed by atoms with Crippen molar-refractivity contribution in [3.8, 4) is 0 Å². The lowest BCUT2D eigenvalue weighted by Crippen LogP contribution is -2.37. The molecule has 1 heterocycles. The SMILES string of the molecule is CCN(c1ncccc1CNCCOC)C(C)COC. The first-order valence-corrected chi connectivity index (χ1v) is 7.13. The average molecular weight is 281 g/mol. The molecule has 1 N–H and O–H groups in total. The van der Waals surface area contributed by atoms with Crippen molar-refractivity contribution in [2.75, 3.05) is 45.4 Å². The zero-order valence-electron chi connectivity index (χ0n) is 13.1. The minimum absolute atomic E-state index is 0.303. The molecule has 5 heteroatoms. The molecule has 1 rings (SSSR count). The predicted octanol–water partition coefficient (Wildman–Crippen LogP) is 1.68. The Hall–Kier alpha value is -1.17. The van der Waals surface area contributed by atoms with Gasteiger partial charge in [-0.1, -0.05) is 6.07 Å². The van der Waals surface area contributed by atoms with E-state index in [2.05, 4.69) is 35.1 Å². The number of anilines is 1. The average Bonchev–Trinajstić information content (AvgIpc) is 2.46. The first-order valence-electron chi connectivity index (χ1n) is 7.13. The van der Waals surface area contributed by atoms with Gasteiger partial charge in [0, 0.05) is 45.6 Å². The van der Waals surface area contributed by atoms with Crippen LogP contribution in [-0.4, -0.2) is 51.5 Å². The second-order valence-corrected chi connectivity index (χ2v) is 4.75. The second kappa shape index (κ2) is 9.69. The van der Waals surface area contributed by atoms with Crippen molar-refractivity contribution in [1.29, 1.82) is 0 Å². The molecule has 0 aliphatic rings. The van der Waals surface area contributed by atoms with Crippen LogP contribution in [0.4, 0.5) is 5.82 Å². The number of hydrogen-bond donors (Lipinski definition) is 1. The Kier molecular flexibility index (Phi) is 8.18. The van der Waals surface area contributed by atoms with Gasteiger partial charge in [-0.3, -0.25) is 0 Å². The van der Waals surface area contributed by atoms with E-state index in [0.717, 1.165) is 25.5 Å². The highest BCUT2D eigenvalue weighted by Crippen LogP contribution is 2.19. The van der Waals surface area contributed by atoms with Crippen molar-refractivity contribution < 1.29 is 9.47 Å². The van der Waals surface area contributed by atoms with E-state index in [0.29, 0.717) is 19.3 Å². The lowest BCUT2D eigenvalue weighted by molar-refractivity contribution is 0.181. The molecule has 0 aliphatic carbocycles. The molecule has 0 amide bonds. The fourth-order valence-electron chi connectivity index (χ4n) is 2.23. The topological polar surface area (TPSA) is 46.6 Å². The summed E-state index contributed by atoms with van der Waals surface area (Å²) in [6.07, 6.45) is 1.84. The number of ether oxygens (including phenoxy) is 2. The van der Waals surface area contributed by atoms with E-state index in [1.54, 1.807) is 14.2 Å². The van der Waals surface area contributed by atoms with Gasteiger partial charge >= 0.3 is 0 Å². The van der Waals surface area contributed by atoms with E-state index in [1.807, 2.05) is 12.3 Å². The Morgan fingerprint density at radius 3 is 2.80 bits per heavy atom. The van der Waals surface area contributed by atoms with E-state index in [1.165, 1.54) is 5.56 Å². The number of likely N-dealkylation sites (N-methyl/N-ethyl adjacent to an activating group) is 1. The monoisotopic (exact) mass is 281 g/mol. The third kappa shape index (κ3) is 5.07. The van der Waals surface area contributed by atoms with Gasteiger partial charge in [0.1, 0.15) is 5.82 Å². The standard InChI is InChI=1S/C15H27N3O2/c1-5-18(13(2)12-20-4)15-14(7-6-8-17-15)11-16-9-10-19-3/h6-8,13,16H,5,9-12H2,1-4H3. The van der Waals surface area contributed by atoms with E-state index in [9.17, 15) is 0 Å². The van der Waals surface area contributed by atoms with Crippen molar-refractivity contribution in [3.63, 3.8) is 0 Å². The molecular formula is C15H27N3O2. The number of rotatable bonds is 10. The first-order chi connectivity index (χ1) is 9.74. The fourth-order valence-corrected chi connectivity index (χ4v) is 2.23. The van der Waals surface area contributed by atoms with Crippen molar-refractivity contribution in [2.24, 2.45) is 0 Å². The molecule has 0 radical (unpaired) electrons. The number of nitrogens with one attached hydrogen (secondary N) is 1. The summed E-state index contributed by atoms with van der Waals surface area (Å²) >= 11 is 0. The zero-order valence-corrected chi connectivity index (χ0v) is 13.1. The number of pyridine rings is 1. The molecule has 1 aromatic heterocycles. The second-order valence-electron chi connectivity index (χ2n) is 4.75. The zero-order chi connectivity index (χ0) is 14.8. The fraction of sp³-hybridized carbons (Fsp3) is 0.667. The summed E-state index contributed by atoms with van der Waals surface area (Å²) in [5.41, 5.74) is 1.20. The minimum atomic E-state index is 0.303. The van der Waals surface area contributed by atoms with Crippen LogP contribution in [0.15, 0.2) is 18.3 Å². The highest BCUT2D eigenvalue weighted by atomic mass is 16.5. The summed E-state index contributed by atoms with van der Waals surface area (Å²) in [7, 11) is 3.44. The smallest absolute Gasteiger partial charge is 0.133 e. The first kappa shape index (κ1) is 16.9. The lowest BCUT2D eigenvalue weighted by atomic mass is 10.2. The Morgan fingerprint density at radius 1 is 1.35 bits per heavy atom. The van der Waals surface area contributed by atoms with Crippen LogP contribution in [0.25, 0.3) is 0 Å². The molecule has 5 nitrogen and oxygen atoms in total. The van der Waals surface area contributed by atoms with Gasteiger partial charge in [0.05, 0.1) is 19.3 Å². The summed E-state index contributed by atoms with van der Waals surface area (Å²) in [5.74, 6) is 1.03. The molecule has 20 heavy (non-hydrogen) atoms. The number of methoxy groups -OCH3 is 2. The van der Waals surface area contributed by atoms with Crippen LogP contribution in [0.1, 0.15) is 19.4 Å². The van der Waals surface area contributed by atoms with Crippen LogP contribution >= 0.6 is 0 Å². The van der Waals surface area contributed by atoms with Crippen LogP contribution < -0.4 is 10.2 Å². The number of hydrogen-bond acceptors (Lipinski definition) is 5. The van der Waals surface area contributed by atoms with Gasteiger partial charge in [0.2, 0.25) is 0 Å². The van der Waals surface area contributed by atoms with Gasteiger partial charge in [-0.15, -0.1) is 0 Å². The quantitative estimate of drug-likeness (QED) is 0.661. The van der Waals surface area contributed by atoms with Gasteiger partial charge in [-0.25, -0.2) is 4.98 Å². The van der Waals surface area contributed by atoms with Gasteiger partial charge in [0.25, 0.3) is 0 Å². The summed E-state index contributed by atoms with van der Waals surface area (Å²) in [4.78, 5) is 6.83. The van der Waals surface area contributed by atoms with Crippen molar-refractivity contribution in [1.82, 2.24) is 10.3 Å². The Balaban J connectivity index is 2.76. The minimum Gasteiger partial charge on any atom is -0.383 e. The highest BCUT2D eigenvalue weighted by molar-refractivity contribution is 5.47. The van der Waals surface area contributed by atoms with Crippen molar-refractivity contribution in [2.45, 2.75) is 26.4 Å². The molecule has 0 saturated heterocycles. The Bertz CT molecular complexity index is 374. The van der Waals surface area contributed by atoms with Crippen LogP contribution in [0.5, 0.6) is 0 Å². The third-order valence-electron chi connectivity index (χ3n) is 3.22. The van der Waals surface area contributed by atoms with E-state index in [-0.39, 0.29) is 0 Å². The summed E-state index contributed by atoms with van der Waals surface area (Å²) in [6, 6.07) is 4.40. The van der Waals surface area contributed by atoms with Crippen LogP contribution in [0.2, 0.25) is 0 Å². The van der Waals surface area contributed by atoms with Gasteiger partial charge in [-0.2, -0.15) is 0 Å². The predicted molar refractivity (Wildman–Crippen MR) is 82.2 cm³/mol. The van der Waals surface area contributed by atoms with Crippen LogP contribution in [0.3, 0.4) is 0 Å². The molecule has 0 saturated carbocycles. The molecule has 1 aromatic rings. The molecule has 0 aliphatic heterocycles. The molecular weight excluding hydrogens is 254 g/mol.